The molecule has 0 bridgehead atoms. The second kappa shape index (κ2) is 5.06. The molecule has 0 spiro atoms. The third kappa shape index (κ3) is 2.87. The van der Waals surface area contributed by atoms with E-state index in [1.165, 1.54) is 24.3 Å². The molecule has 98 valence electrons. The van der Waals surface area contributed by atoms with Gasteiger partial charge in [-0.05, 0) is 37.1 Å². The zero-order valence-electron chi connectivity index (χ0n) is 9.73. The molecule has 1 heterocycles. The fourth-order valence-electron chi connectivity index (χ4n) is 2.00. The zero-order chi connectivity index (χ0) is 13.2. The van der Waals surface area contributed by atoms with Crippen LogP contribution in [0.15, 0.2) is 24.3 Å². The number of nitrogens with one attached hydrogen (secondary N) is 1. The van der Waals surface area contributed by atoms with Crippen molar-refractivity contribution in [3.63, 3.8) is 0 Å². The summed E-state index contributed by atoms with van der Waals surface area (Å²) in [7, 11) is -3.05. The topological polar surface area (TPSA) is 63.2 Å². The predicted octanol–water partition coefficient (Wildman–Crippen LogP) is 1.13. The summed E-state index contributed by atoms with van der Waals surface area (Å²) >= 11 is 0. The van der Waals surface area contributed by atoms with Gasteiger partial charge in [0.15, 0.2) is 9.84 Å². The average Bonchev–Trinajstić information content (AvgIpc) is 2.66. The lowest BCUT2D eigenvalue weighted by molar-refractivity contribution is 0.0953. The van der Waals surface area contributed by atoms with E-state index in [0.29, 0.717) is 18.4 Å². The Morgan fingerprint density at radius 1 is 1.33 bits per heavy atom. The number of hydrogen-bond acceptors (Lipinski definition) is 3. The van der Waals surface area contributed by atoms with Gasteiger partial charge in [-0.25, -0.2) is 12.8 Å². The highest BCUT2D eigenvalue weighted by Crippen LogP contribution is 2.19. The fourth-order valence-corrected chi connectivity index (χ4v) is 3.76. The molecule has 1 aliphatic heterocycles. The van der Waals surface area contributed by atoms with E-state index < -0.39 is 20.9 Å². The van der Waals surface area contributed by atoms with Gasteiger partial charge in [-0.3, -0.25) is 4.79 Å². The van der Waals surface area contributed by atoms with E-state index in [1.807, 2.05) is 0 Å². The first kappa shape index (κ1) is 13.0. The van der Waals surface area contributed by atoms with Crippen LogP contribution in [0.1, 0.15) is 23.2 Å². The van der Waals surface area contributed by atoms with Crippen LogP contribution in [0.4, 0.5) is 4.39 Å². The van der Waals surface area contributed by atoms with Gasteiger partial charge in [0.2, 0.25) is 0 Å². The quantitative estimate of drug-likeness (QED) is 0.896. The van der Waals surface area contributed by atoms with Crippen molar-refractivity contribution >= 4 is 15.7 Å². The highest BCUT2D eigenvalue weighted by atomic mass is 32.2. The summed E-state index contributed by atoms with van der Waals surface area (Å²) in [5.74, 6) is -0.591. The van der Waals surface area contributed by atoms with Gasteiger partial charge in [-0.15, -0.1) is 0 Å². The lowest BCUT2D eigenvalue weighted by atomic mass is 10.2. The number of rotatable bonds is 3. The molecular formula is C12H14FNO3S. The van der Waals surface area contributed by atoms with Gasteiger partial charge in [0.25, 0.3) is 5.91 Å². The van der Waals surface area contributed by atoms with Crippen LogP contribution in [0.25, 0.3) is 0 Å². The molecule has 6 heteroatoms. The molecule has 0 saturated carbocycles. The van der Waals surface area contributed by atoms with Crippen molar-refractivity contribution in [2.45, 2.75) is 18.1 Å². The number of amides is 1. The number of halogens is 1. The van der Waals surface area contributed by atoms with Crippen LogP contribution in [0.5, 0.6) is 0 Å². The summed E-state index contributed by atoms with van der Waals surface area (Å²) in [6.07, 6.45) is 1.24. The molecule has 1 aliphatic rings. The predicted molar refractivity (Wildman–Crippen MR) is 65.5 cm³/mol. The van der Waals surface area contributed by atoms with E-state index >= 15 is 0 Å². The van der Waals surface area contributed by atoms with Gasteiger partial charge in [-0.1, -0.05) is 0 Å². The molecule has 1 aromatic rings. The second-order valence-electron chi connectivity index (χ2n) is 4.35. The Bertz CT molecular complexity index is 539. The molecule has 18 heavy (non-hydrogen) atoms. The Kier molecular flexibility index (Phi) is 3.65. The van der Waals surface area contributed by atoms with Crippen molar-refractivity contribution in [2.24, 2.45) is 0 Å². The molecule has 1 unspecified atom stereocenters. The fraction of sp³-hybridized carbons (Fsp3) is 0.417. The molecule has 1 fully saturated rings. The van der Waals surface area contributed by atoms with Crippen LogP contribution in [0, 0.1) is 5.82 Å². The first-order valence-electron chi connectivity index (χ1n) is 5.74. The molecule has 1 N–H and O–H groups in total. The van der Waals surface area contributed by atoms with E-state index in [-0.39, 0.29) is 18.2 Å². The SMILES string of the molecule is O=C(NCC1CCCS1(=O)=O)c1ccc(F)cc1. The molecular weight excluding hydrogens is 257 g/mol. The summed E-state index contributed by atoms with van der Waals surface area (Å²) in [6.45, 7) is 0.124. The molecule has 0 aliphatic carbocycles. The minimum Gasteiger partial charge on any atom is -0.351 e. The van der Waals surface area contributed by atoms with E-state index in [0.717, 1.165) is 0 Å². The maximum atomic E-state index is 12.7. The maximum Gasteiger partial charge on any atom is 0.251 e. The van der Waals surface area contributed by atoms with Gasteiger partial charge in [0.1, 0.15) is 5.82 Å². The van der Waals surface area contributed by atoms with Crippen molar-refractivity contribution in [3.8, 4) is 0 Å². The summed E-state index contributed by atoms with van der Waals surface area (Å²) < 4.78 is 35.8. The van der Waals surface area contributed by atoms with Crippen LogP contribution in [0.3, 0.4) is 0 Å². The first-order chi connectivity index (χ1) is 8.49. The summed E-state index contributed by atoms with van der Waals surface area (Å²) in [4.78, 5) is 11.7. The van der Waals surface area contributed by atoms with Crippen molar-refractivity contribution in [1.29, 1.82) is 0 Å². The van der Waals surface area contributed by atoms with Crippen LogP contribution < -0.4 is 5.32 Å². The van der Waals surface area contributed by atoms with Gasteiger partial charge < -0.3 is 5.32 Å². The average molecular weight is 271 g/mol. The Labute approximate surface area is 105 Å². The molecule has 1 aromatic carbocycles. The summed E-state index contributed by atoms with van der Waals surface area (Å²) in [5, 5.41) is 2.09. The standard InChI is InChI=1S/C12H14FNO3S/c13-10-5-3-9(4-6-10)12(15)14-8-11-2-1-7-18(11,16)17/h3-6,11H,1-2,7-8H2,(H,14,15). The molecule has 1 atom stereocenters. The number of hydrogen-bond donors (Lipinski definition) is 1. The van der Waals surface area contributed by atoms with Gasteiger partial charge in [0, 0.05) is 12.1 Å². The van der Waals surface area contributed by atoms with Crippen molar-refractivity contribution in [1.82, 2.24) is 5.32 Å². The molecule has 4 nitrogen and oxygen atoms in total. The highest BCUT2D eigenvalue weighted by molar-refractivity contribution is 7.92. The summed E-state index contributed by atoms with van der Waals surface area (Å²) in [5.41, 5.74) is 0.326. The summed E-state index contributed by atoms with van der Waals surface area (Å²) in [6, 6.07) is 5.13. The van der Waals surface area contributed by atoms with Crippen LogP contribution in [-0.2, 0) is 9.84 Å². The van der Waals surface area contributed by atoms with Gasteiger partial charge >= 0.3 is 0 Å². The normalized spacial score (nSPS) is 21.7. The minimum atomic E-state index is -3.05. The van der Waals surface area contributed by atoms with E-state index in [9.17, 15) is 17.6 Å². The third-order valence-electron chi connectivity index (χ3n) is 3.06. The lowest BCUT2D eigenvalue weighted by Crippen LogP contribution is -2.34. The lowest BCUT2D eigenvalue weighted by Gasteiger charge is -2.10. The number of benzene rings is 1. The number of carbonyl (C=O) groups is 1. The van der Waals surface area contributed by atoms with Crippen molar-refractivity contribution < 1.29 is 17.6 Å². The smallest absolute Gasteiger partial charge is 0.251 e. The van der Waals surface area contributed by atoms with E-state index in [2.05, 4.69) is 5.32 Å². The first-order valence-corrected chi connectivity index (χ1v) is 7.46. The van der Waals surface area contributed by atoms with E-state index in [4.69, 9.17) is 0 Å². The largest absolute Gasteiger partial charge is 0.351 e. The van der Waals surface area contributed by atoms with Crippen LogP contribution in [-0.4, -0.2) is 31.9 Å². The zero-order valence-corrected chi connectivity index (χ0v) is 10.5. The Morgan fingerprint density at radius 2 is 2.00 bits per heavy atom. The molecule has 0 radical (unpaired) electrons. The van der Waals surface area contributed by atoms with Crippen molar-refractivity contribution in [2.75, 3.05) is 12.3 Å². The molecule has 1 saturated heterocycles. The monoisotopic (exact) mass is 271 g/mol. The minimum absolute atomic E-state index is 0.124. The molecule has 2 rings (SSSR count). The highest BCUT2D eigenvalue weighted by Gasteiger charge is 2.31. The Hall–Kier alpha value is -1.43. The number of carbonyl (C=O) groups excluding carboxylic acids is 1. The van der Waals surface area contributed by atoms with Gasteiger partial charge in [-0.2, -0.15) is 0 Å². The van der Waals surface area contributed by atoms with E-state index in [1.54, 1.807) is 0 Å². The van der Waals surface area contributed by atoms with Crippen molar-refractivity contribution in [3.05, 3.63) is 35.6 Å². The number of sulfone groups is 1. The third-order valence-corrected chi connectivity index (χ3v) is 5.34. The maximum absolute atomic E-state index is 12.7. The van der Waals surface area contributed by atoms with Crippen LogP contribution >= 0.6 is 0 Å². The van der Waals surface area contributed by atoms with Gasteiger partial charge in [0.05, 0.1) is 11.0 Å². The molecule has 0 aromatic heterocycles. The molecule has 1 amide bonds. The van der Waals surface area contributed by atoms with Crippen LogP contribution in [0.2, 0.25) is 0 Å². The Morgan fingerprint density at radius 3 is 2.56 bits per heavy atom. The Balaban J connectivity index is 1.95. The second-order valence-corrected chi connectivity index (χ2v) is 6.75.